The Morgan fingerprint density at radius 1 is 1.40 bits per heavy atom. The van der Waals surface area contributed by atoms with Crippen molar-refractivity contribution < 1.29 is 14.6 Å². The molecule has 0 bridgehead atoms. The highest BCUT2D eigenvalue weighted by Crippen LogP contribution is 2.43. The molecule has 1 aliphatic heterocycles. The highest BCUT2D eigenvalue weighted by molar-refractivity contribution is 5.38. The van der Waals surface area contributed by atoms with Crippen molar-refractivity contribution in [2.75, 3.05) is 6.61 Å². The summed E-state index contributed by atoms with van der Waals surface area (Å²) in [4.78, 5) is 0. The molecule has 1 aromatic carbocycles. The predicted octanol–water partition coefficient (Wildman–Crippen LogP) is 3.53. The van der Waals surface area contributed by atoms with Crippen LogP contribution in [0.5, 0.6) is 5.75 Å². The minimum atomic E-state index is -0.498. The molecule has 1 heterocycles. The van der Waals surface area contributed by atoms with Gasteiger partial charge < -0.3 is 14.6 Å². The maximum atomic E-state index is 9.91. The minimum absolute atomic E-state index is 0.0958. The van der Waals surface area contributed by atoms with Gasteiger partial charge >= 0.3 is 0 Å². The van der Waals surface area contributed by atoms with Gasteiger partial charge in [-0.1, -0.05) is 11.6 Å². The average molecular weight is 276 g/mol. The maximum Gasteiger partial charge on any atom is 0.125 e. The highest BCUT2D eigenvalue weighted by atomic mass is 16.5. The molecule has 1 saturated carbocycles. The van der Waals surface area contributed by atoms with Gasteiger partial charge in [0.1, 0.15) is 11.9 Å². The highest BCUT2D eigenvalue weighted by Gasteiger charge is 2.43. The number of aliphatic hydroxyl groups is 1. The molecule has 2 aliphatic rings. The van der Waals surface area contributed by atoms with Crippen LogP contribution in [0.3, 0.4) is 0 Å². The van der Waals surface area contributed by atoms with Gasteiger partial charge in [-0.25, -0.2) is 0 Å². The molecule has 3 rings (SSSR count). The van der Waals surface area contributed by atoms with Gasteiger partial charge in [0.2, 0.25) is 0 Å². The summed E-state index contributed by atoms with van der Waals surface area (Å²) in [7, 11) is 0. The zero-order valence-corrected chi connectivity index (χ0v) is 12.4. The standard InChI is InChI=1S/C17H24O3/c1-12-4-5-16(15(10-12)13(2)18)20-14-6-9-19-17(11-14)7-3-8-17/h4-5,10,13-14,18H,3,6-9,11H2,1-2H3/t13-,14?/m1/s1. The van der Waals surface area contributed by atoms with Crippen molar-refractivity contribution in [2.24, 2.45) is 0 Å². The molecule has 1 unspecified atom stereocenters. The van der Waals surface area contributed by atoms with Crippen LogP contribution in [0.25, 0.3) is 0 Å². The first-order valence-electron chi connectivity index (χ1n) is 7.67. The monoisotopic (exact) mass is 276 g/mol. The van der Waals surface area contributed by atoms with Crippen LogP contribution in [-0.2, 0) is 4.74 Å². The Bertz CT molecular complexity index is 477. The van der Waals surface area contributed by atoms with E-state index in [0.29, 0.717) is 0 Å². The molecule has 1 saturated heterocycles. The van der Waals surface area contributed by atoms with Crippen molar-refractivity contribution in [1.29, 1.82) is 0 Å². The molecule has 1 aromatic rings. The fourth-order valence-electron chi connectivity index (χ4n) is 3.28. The van der Waals surface area contributed by atoms with Gasteiger partial charge in [0.05, 0.1) is 18.3 Å². The molecule has 0 aromatic heterocycles. The predicted molar refractivity (Wildman–Crippen MR) is 78.0 cm³/mol. The number of benzene rings is 1. The largest absolute Gasteiger partial charge is 0.490 e. The van der Waals surface area contributed by atoms with Gasteiger partial charge in [-0.2, -0.15) is 0 Å². The zero-order chi connectivity index (χ0) is 14.2. The normalized spacial score (nSPS) is 26.1. The molecule has 1 spiro atoms. The summed E-state index contributed by atoms with van der Waals surface area (Å²) < 4.78 is 12.1. The van der Waals surface area contributed by atoms with E-state index in [1.165, 1.54) is 19.3 Å². The Balaban J connectivity index is 1.74. The third-order valence-corrected chi connectivity index (χ3v) is 4.62. The van der Waals surface area contributed by atoms with Crippen LogP contribution < -0.4 is 4.74 Å². The van der Waals surface area contributed by atoms with Crippen LogP contribution in [0.2, 0.25) is 0 Å². The Hall–Kier alpha value is -1.06. The van der Waals surface area contributed by atoms with Crippen LogP contribution in [0.1, 0.15) is 56.3 Å². The fourth-order valence-corrected chi connectivity index (χ4v) is 3.28. The second-order valence-electron chi connectivity index (χ2n) is 6.33. The van der Waals surface area contributed by atoms with E-state index in [1.54, 1.807) is 6.92 Å². The molecule has 1 N–H and O–H groups in total. The van der Waals surface area contributed by atoms with Crippen LogP contribution in [0, 0.1) is 6.92 Å². The topological polar surface area (TPSA) is 38.7 Å². The van der Waals surface area contributed by atoms with Crippen molar-refractivity contribution in [3.05, 3.63) is 29.3 Å². The van der Waals surface area contributed by atoms with Crippen molar-refractivity contribution in [2.45, 2.75) is 63.8 Å². The molecule has 0 radical (unpaired) electrons. The van der Waals surface area contributed by atoms with E-state index in [0.717, 1.165) is 36.3 Å². The molecule has 2 atom stereocenters. The molecule has 20 heavy (non-hydrogen) atoms. The first-order valence-corrected chi connectivity index (χ1v) is 7.67. The number of rotatable bonds is 3. The van der Waals surface area contributed by atoms with E-state index in [9.17, 15) is 5.11 Å². The number of aryl methyl sites for hydroxylation is 1. The number of hydrogen-bond acceptors (Lipinski definition) is 3. The summed E-state index contributed by atoms with van der Waals surface area (Å²) >= 11 is 0. The Kier molecular flexibility index (Phi) is 3.74. The molecular formula is C17H24O3. The molecule has 0 amide bonds. The summed E-state index contributed by atoms with van der Waals surface area (Å²) in [6.45, 7) is 4.62. The summed E-state index contributed by atoms with van der Waals surface area (Å²) in [5, 5.41) is 9.91. The third-order valence-electron chi connectivity index (χ3n) is 4.62. The van der Waals surface area contributed by atoms with Gasteiger partial charge in [0.25, 0.3) is 0 Å². The van der Waals surface area contributed by atoms with Gasteiger partial charge in [-0.3, -0.25) is 0 Å². The van der Waals surface area contributed by atoms with E-state index in [-0.39, 0.29) is 11.7 Å². The molecule has 110 valence electrons. The third kappa shape index (κ3) is 2.70. The zero-order valence-electron chi connectivity index (χ0n) is 12.4. The second kappa shape index (κ2) is 5.38. The summed E-state index contributed by atoms with van der Waals surface area (Å²) in [6, 6.07) is 6.04. The lowest BCUT2D eigenvalue weighted by Gasteiger charge is -2.47. The maximum absolute atomic E-state index is 9.91. The minimum Gasteiger partial charge on any atom is -0.490 e. The quantitative estimate of drug-likeness (QED) is 0.918. The Morgan fingerprint density at radius 3 is 2.85 bits per heavy atom. The smallest absolute Gasteiger partial charge is 0.125 e. The van der Waals surface area contributed by atoms with E-state index in [1.807, 2.05) is 25.1 Å². The summed E-state index contributed by atoms with van der Waals surface area (Å²) in [5.74, 6) is 0.826. The first kappa shape index (κ1) is 13.9. The molecular weight excluding hydrogens is 252 g/mol. The van der Waals surface area contributed by atoms with Crippen molar-refractivity contribution >= 4 is 0 Å². The lowest BCUT2D eigenvalue weighted by Crippen LogP contribution is -2.48. The number of hydrogen-bond donors (Lipinski definition) is 1. The fraction of sp³-hybridized carbons (Fsp3) is 0.647. The molecule has 3 nitrogen and oxygen atoms in total. The van der Waals surface area contributed by atoms with E-state index >= 15 is 0 Å². The summed E-state index contributed by atoms with van der Waals surface area (Å²) in [5.41, 5.74) is 2.13. The molecule has 2 fully saturated rings. The van der Waals surface area contributed by atoms with Crippen LogP contribution in [0.15, 0.2) is 18.2 Å². The van der Waals surface area contributed by atoms with E-state index in [2.05, 4.69) is 0 Å². The Morgan fingerprint density at radius 2 is 2.20 bits per heavy atom. The van der Waals surface area contributed by atoms with Crippen LogP contribution in [0.4, 0.5) is 0 Å². The lowest BCUT2D eigenvalue weighted by atomic mass is 9.74. The number of ether oxygens (including phenoxy) is 2. The van der Waals surface area contributed by atoms with Gasteiger partial charge in [-0.05, 0) is 45.2 Å². The number of aliphatic hydroxyl groups excluding tert-OH is 1. The average Bonchev–Trinajstić information content (AvgIpc) is 2.39. The lowest BCUT2D eigenvalue weighted by molar-refractivity contribution is -0.153. The van der Waals surface area contributed by atoms with Crippen LogP contribution >= 0.6 is 0 Å². The first-order chi connectivity index (χ1) is 9.58. The van der Waals surface area contributed by atoms with Crippen molar-refractivity contribution in [3.63, 3.8) is 0 Å². The van der Waals surface area contributed by atoms with Crippen molar-refractivity contribution in [3.8, 4) is 5.75 Å². The van der Waals surface area contributed by atoms with Gasteiger partial charge in [-0.15, -0.1) is 0 Å². The van der Waals surface area contributed by atoms with E-state index in [4.69, 9.17) is 9.47 Å². The SMILES string of the molecule is Cc1ccc(OC2CCOC3(CCC3)C2)c([C@@H](C)O)c1. The van der Waals surface area contributed by atoms with Crippen LogP contribution in [-0.4, -0.2) is 23.4 Å². The van der Waals surface area contributed by atoms with Crippen molar-refractivity contribution in [1.82, 2.24) is 0 Å². The second-order valence-corrected chi connectivity index (χ2v) is 6.33. The summed E-state index contributed by atoms with van der Waals surface area (Å²) in [6.07, 6.45) is 5.26. The molecule has 3 heteroatoms. The molecule has 1 aliphatic carbocycles. The van der Waals surface area contributed by atoms with Gasteiger partial charge in [0, 0.05) is 18.4 Å². The Labute approximate surface area is 120 Å². The van der Waals surface area contributed by atoms with E-state index < -0.39 is 6.10 Å². The van der Waals surface area contributed by atoms with Gasteiger partial charge in [0.15, 0.2) is 0 Å².